The van der Waals surface area contributed by atoms with E-state index in [0.29, 0.717) is 37.7 Å². The van der Waals surface area contributed by atoms with Crippen molar-refractivity contribution >= 4 is 24.0 Å². The van der Waals surface area contributed by atoms with Crippen molar-refractivity contribution in [2.75, 3.05) is 26.2 Å². The highest BCUT2D eigenvalue weighted by Crippen LogP contribution is 2.08. The second kappa shape index (κ2) is 8.19. The summed E-state index contributed by atoms with van der Waals surface area (Å²) < 4.78 is 10.4. The number of carbonyl (C=O) groups is 2. The van der Waals surface area contributed by atoms with Gasteiger partial charge >= 0.3 is 0 Å². The van der Waals surface area contributed by atoms with Crippen LogP contribution in [0.25, 0.3) is 12.2 Å². The molecule has 2 amide bonds. The molecule has 2 aromatic rings. The predicted molar refractivity (Wildman–Crippen MR) is 93.3 cm³/mol. The lowest BCUT2D eigenvalue weighted by Crippen LogP contribution is -2.36. The van der Waals surface area contributed by atoms with Crippen molar-refractivity contribution in [2.24, 2.45) is 0 Å². The average Bonchev–Trinajstić information content (AvgIpc) is 3.27. The second-order valence-corrected chi connectivity index (χ2v) is 5.70. The van der Waals surface area contributed by atoms with Gasteiger partial charge in [0.25, 0.3) is 0 Å². The maximum absolute atomic E-state index is 12.3. The van der Waals surface area contributed by atoms with Crippen LogP contribution >= 0.6 is 0 Å². The van der Waals surface area contributed by atoms with Gasteiger partial charge in [-0.3, -0.25) is 9.59 Å². The zero-order valence-electron chi connectivity index (χ0n) is 13.8. The van der Waals surface area contributed by atoms with Crippen molar-refractivity contribution in [2.45, 2.75) is 6.42 Å². The Bertz CT molecular complexity index is 680. The minimum Gasteiger partial charge on any atom is -0.465 e. The Balaban J connectivity index is 1.53. The molecule has 0 N–H and O–H groups in total. The van der Waals surface area contributed by atoms with Gasteiger partial charge in [0.15, 0.2) is 0 Å². The first-order chi connectivity index (χ1) is 12.2. The molecule has 0 aromatic carbocycles. The molecule has 6 heteroatoms. The van der Waals surface area contributed by atoms with Crippen LogP contribution in [0.5, 0.6) is 0 Å². The van der Waals surface area contributed by atoms with Gasteiger partial charge < -0.3 is 18.6 Å². The highest BCUT2D eigenvalue weighted by atomic mass is 16.3. The quantitative estimate of drug-likeness (QED) is 0.803. The molecule has 0 unspecified atom stereocenters. The molecule has 1 fully saturated rings. The van der Waals surface area contributed by atoms with Crippen LogP contribution in [0.4, 0.5) is 0 Å². The lowest BCUT2D eigenvalue weighted by atomic mass is 10.3. The van der Waals surface area contributed by atoms with Gasteiger partial charge in [-0.15, -0.1) is 0 Å². The summed E-state index contributed by atoms with van der Waals surface area (Å²) in [5.41, 5.74) is 0. The van der Waals surface area contributed by atoms with E-state index in [1.165, 1.54) is 12.2 Å². The zero-order chi connectivity index (χ0) is 17.5. The molecule has 0 aliphatic carbocycles. The van der Waals surface area contributed by atoms with Gasteiger partial charge in [0, 0.05) is 38.3 Å². The Morgan fingerprint density at radius 2 is 1.28 bits per heavy atom. The Morgan fingerprint density at radius 3 is 1.68 bits per heavy atom. The minimum absolute atomic E-state index is 0.0724. The molecule has 25 heavy (non-hydrogen) atoms. The summed E-state index contributed by atoms with van der Waals surface area (Å²) in [5.74, 6) is 1.14. The van der Waals surface area contributed by atoms with E-state index < -0.39 is 0 Å². The lowest BCUT2D eigenvalue weighted by Gasteiger charge is -2.20. The van der Waals surface area contributed by atoms with E-state index >= 15 is 0 Å². The SMILES string of the molecule is O=C(C=Cc1ccco1)N1CCCN(C(=O)C=Cc2ccco2)CC1. The Labute approximate surface area is 146 Å². The summed E-state index contributed by atoms with van der Waals surface area (Å²) in [7, 11) is 0. The summed E-state index contributed by atoms with van der Waals surface area (Å²) in [4.78, 5) is 28.0. The van der Waals surface area contributed by atoms with Crippen molar-refractivity contribution in [1.82, 2.24) is 9.80 Å². The average molecular weight is 340 g/mol. The fraction of sp³-hybridized carbons (Fsp3) is 0.263. The first-order valence-corrected chi connectivity index (χ1v) is 8.23. The highest BCUT2D eigenvalue weighted by Gasteiger charge is 2.19. The van der Waals surface area contributed by atoms with Crippen LogP contribution in [-0.4, -0.2) is 47.8 Å². The van der Waals surface area contributed by atoms with Crippen molar-refractivity contribution in [3.8, 4) is 0 Å². The van der Waals surface area contributed by atoms with Gasteiger partial charge in [0.2, 0.25) is 11.8 Å². The maximum Gasteiger partial charge on any atom is 0.246 e. The molecule has 1 aliphatic heterocycles. The standard InChI is InChI=1S/C19H20N2O4/c22-18(8-6-16-4-1-14-24-16)20-10-3-11-21(13-12-20)19(23)9-7-17-5-2-15-25-17/h1-2,4-9,14-15H,3,10-13H2. The summed E-state index contributed by atoms with van der Waals surface area (Å²) in [6.07, 6.45) is 10.2. The van der Waals surface area contributed by atoms with Crippen LogP contribution in [0.15, 0.2) is 57.8 Å². The van der Waals surface area contributed by atoms with Crippen LogP contribution in [0, 0.1) is 0 Å². The maximum atomic E-state index is 12.3. The molecule has 0 bridgehead atoms. The topological polar surface area (TPSA) is 66.9 Å². The van der Waals surface area contributed by atoms with Gasteiger partial charge in [-0.05, 0) is 42.8 Å². The molecule has 0 saturated carbocycles. The number of nitrogens with zero attached hydrogens (tertiary/aromatic N) is 2. The van der Waals surface area contributed by atoms with Crippen LogP contribution < -0.4 is 0 Å². The zero-order valence-corrected chi connectivity index (χ0v) is 13.8. The van der Waals surface area contributed by atoms with Crippen LogP contribution in [0.1, 0.15) is 17.9 Å². The number of amides is 2. The van der Waals surface area contributed by atoms with Crippen LogP contribution in [0.3, 0.4) is 0 Å². The fourth-order valence-electron chi connectivity index (χ4n) is 2.65. The third-order valence-corrected chi connectivity index (χ3v) is 3.99. The Morgan fingerprint density at radius 1 is 0.800 bits per heavy atom. The van der Waals surface area contributed by atoms with Gasteiger partial charge in [-0.2, -0.15) is 0 Å². The summed E-state index contributed by atoms with van der Waals surface area (Å²) in [5, 5.41) is 0. The molecule has 2 aromatic heterocycles. The van der Waals surface area contributed by atoms with Gasteiger partial charge in [-0.25, -0.2) is 0 Å². The van der Waals surface area contributed by atoms with Crippen molar-refractivity contribution in [1.29, 1.82) is 0 Å². The van der Waals surface area contributed by atoms with Gasteiger partial charge in [-0.1, -0.05) is 0 Å². The van der Waals surface area contributed by atoms with E-state index in [4.69, 9.17) is 8.83 Å². The van der Waals surface area contributed by atoms with Crippen molar-refractivity contribution < 1.29 is 18.4 Å². The van der Waals surface area contributed by atoms with E-state index in [0.717, 1.165) is 6.42 Å². The first-order valence-electron chi connectivity index (χ1n) is 8.23. The lowest BCUT2D eigenvalue weighted by molar-refractivity contribution is -0.128. The van der Waals surface area contributed by atoms with E-state index in [-0.39, 0.29) is 11.8 Å². The second-order valence-electron chi connectivity index (χ2n) is 5.70. The molecule has 3 heterocycles. The van der Waals surface area contributed by atoms with Gasteiger partial charge in [0.05, 0.1) is 12.5 Å². The monoisotopic (exact) mass is 340 g/mol. The van der Waals surface area contributed by atoms with Gasteiger partial charge in [0.1, 0.15) is 11.5 Å². The third kappa shape index (κ3) is 4.73. The van der Waals surface area contributed by atoms with Crippen molar-refractivity contribution in [3.05, 3.63) is 60.5 Å². The third-order valence-electron chi connectivity index (χ3n) is 3.99. The van der Waals surface area contributed by atoms with E-state index in [9.17, 15) is 9.59 Å². The molecule has 1 saturated heterocycles. The normalized spacial score (nSPS) is 15.8. The molecule has 0 radical (unpaired) electrons. The fourth-order valence-corrected chi connectivity index (χ4v) is 2.65. The Kier molecular flexibility index (Phi) is 5.51. The largest absolute Gasteiger partial charge is 0.465 e. The number of hydrogen-bond acceptors (Lipinski definition) is 4. The summed E-state index contributed by atoms with van der Waals surface area (Å²) in [6.45, 7) is 2.29. The van der Waals surface area contributed by atoms with E-state index in [2.05, 4.69) is 0 Å². The van der Waals surface area contributed by atoms with E-state index in [1.54, 1.807) is 58.7 Å². The molecule has 1 aliphatic rings. The number of furan rings is 2. The first kappa shape index (κ1) is 16.8. The highest BCUT2D eigenvalue weighted by molar-refractivity contribution is 5.92. The molecular weight excluding hydrogens is 320 g/mol. The number of hydrogen-bond donors (Lipinski definition) is 0. The molecule has 130 valence electrons. The van der Waals surface area contributed by atoms with Crippen molar-refractivity contribution in [3.63, 3.8) is 0 Å². The summed E-state index contributed by atoms with van der Waals surface area (Å²) >= 11 is 0. The van der Waals surface area contributed by atoms with Crippen LogP contribution in [0.2, 0.25) is 0 Å². The minimum atomic E-state index is -0.0724. The summed E-state index contributed by atoms with van der Waals surface area (Å²) in [6, 6.07) is 7.13. The van der Waals surface area contributed by atoms with E-state index in [1.807, 2.05) is 0 Å². The molecule has 0 spiro atoms. The Hall–Kier alpha value is -3.02. The van der Waals surface area contributed by atoms with Crippen LogP contribution in [-0.2, 0) is 9.59 Å². The number of carbonyl (C=O) groups excluding carboxylic acids is 2. The smallest absolute Gasteiger partial charge is 0.246 e. The number of rotatable bonds is 4. The molecule has 0 atom stereocenters. The predicted octanol–water partition coefficient (Wildman–Crippen LogP) is 2.66. The molecule has 3 rings (SSSR count). The molecular formula is C19H20N2O4. The molecule has 6 nitrogen and oxygen atoms in total.